The molecule has 12 heteroatoms. The Morgan fingerprint density at radius 2 is 1.48 bits per heavy atom. The van der Waals surface area contributed by atoms with Crippen molar-refractivity contribution < 1.29 is 19.1 Å². The molecule has 8 rings (SSSR count). The standard InChI is InChI=1S/C46H42BrClN6O4/c1-3-4-26-45(27-28-57-2)49-42(48)40(44(55)56)53(45)30-31-24-25-38-37(29-31)39(47)41(58-38)35-22-14-15-23-36(35)43-50-52-54(51-43)46(32-16-8-5-9-17-32,33-18-10-6-11-19-33)34-20-12-7-13-21-34/h5-25,29,49H,3-4,26-28,30H2,1-2H3,(H,55,56). The number of hydrogen-bond donors (Lipinski definition) is 2. The molecule has 294 valence electrons. The monoisotopic (exact) mass is 856 g/mol. The second-order valence-corrected chi connectivity index (χ2v) is 15.6. The Balaban J connectivity index is 1.20. The van der Waals surface area contributed by atoms with E-state index in [9.17, 15) is 9.90 Å². The van der Waals surface area contributed by atoms with Crippen LogP contribution in [-0.4, -0.2) is 55.6 Å². The number of benzene rings is 5. The molecule has 0 saturated heterocycles. The maximum Gasteiger partial charge on any atom is 0.355 e. The summed E-state index contributed by atoms with van der Waals surface area (Å²) in [6.07, 6.45) is 3.08. The molecule has 0 amide bonds. The first-order chi connectivity index (χ1) is 28.3. The molecule has 0 radical (unpaired) electrons. The van der Waals surface area contributed by atoms with Gasteiger partial charge in [-0.3, -0.25) is 0 Å². The fraction of sp³-hybridized carbons (Fsp3) is 0.217. The molecular formula is C46H42BrClN6O4. The summed E-state index contributed by atoms with van der Waals surface area (Å²) in [4.78, 5) is 16.2. The zero-order valence-corrected chi connectivity index (χ0v) is 34.5. The number of halogens is 2. The van der Waals surface area contributed by atoms with Gasteiger partial charge in [-0.2, -0.15) is 0 Å². The average Bonchev–Trinajstić information content (AvgIpc) is 3.95. The van der Waals surface area contributed by atoms with Gasteiger partial charge in [0.2, 0.25) is 5.82 Å². The second-order valence-electron chi connectivity index (χ2n) is 14.4. The third-order valence-electron chi connectivity index (χ3n) is 10.9. The van der Waals surface area contributed by atoms with E-state index in [0.717, 1.165) is 56.1 Å². The zero-order chi connectivity index (χ0) is 40.3. The highest BCUT2D eigenvalue weighted by Crippen LogP contribution is 2.44. The first-order valence-electron chi connectivity index (χ1n) is 19.3. The first-order valence-corrected chi connectivity index (χ1v) is 20.4. The van der Waals surface area contributed by atoms with Gasteiger partial charge in [0.1, 0.15) is 22.2 Å². The number of aromatic nitrogens is 4. The maximum atomic E-state index is 12.6. The van der Waals surface area contributed by atoms with Gasteiger partial charge < -0.3 is 24.5 Å². The number of hydrogen-bond acceptors (Lipinski definition) is 8. The zero-order valence-electron chi connectivity index (χ0n) is 32.1. The molecule has 0 fully saturated rings. The molecule has 2 aromatic heterocycles. The molecule has 1 aliphatic rings. The van der Waals surface area contributed by atoms with E-state index in [1.807, 2.05) is 102 Å². The number of unbranched alkanes of at least 4 members (excludes halogenated alkanes) is 1. The van der Waals surface area contributed by atoms with Crippen molar-refractivity contribution in [1.29, 1.82) is 0 Å². The molecule has 1 atom stereocenters. The van der Waals surface area contributed by atoms with Crippen molar-refractivity contribution in [2.45, 2.75) is 50.4 Å². The van der Waals surface area contributed by atoms with Crippen LogP contribution in [0.4, 0.5) is 0 Å². The van der Waals surface area contributed by atoms with E-state index in [0.29, 0.717) is 43.2 Å². The summed E-state index contributed by atoms with van der Waals surface area (Å²) < 4.78 is 12.8. The number of fused-ring (bicyclic) bond motifs is 1. The van der Waals surface area contributed by atoms with Gasteiger partial charge in [-0.05, 0) is 68.4 Å². The highest BCUT2D eigenvalue weighted by atomic mass is 79.9. The molecule has 58 heavy (non-hydrogen) atoms. The van der Waals surface area contributed by atoms with E-state index in [-0.39, 0.29) is 10.9 Å². The molecule has 0 bridgehead atoms. The summed E-state index contributed by atoms with van der Waals surface area (Å²) >= 11 is 10.5. The Hall–Kier alpha value is -5.75. The van der Waals surface area contributed by atoms with E-state index in [1.165, 1.54) is 0 Å². The number of carbonyl (C=O) groups is 1. The Kier molecular flexibility index (Phi) is 11.2. The normalized spacial score (nSPS) is 15.6. The van der Waals surface area contributed by atoms with Crippen molar-refractivity contribution in [2.24, 2.45) is 0 Å². The molecule has 3 heterocycles. The van der Waals surface area contributed by atoms with E-state index < -0.39 is 17.2 Å². The molecular weight excluding hydrogens is 816 g/mol. The Bertz CT molecular complexity index is 2470. The van der Waals surface area contributed by atoms with Crippen LogP contribution in [-0.2, 0) is 21.6 Å². The van der Waals surface area contributed by atoms with Crippen molar-refractivity contribution in [3.8, 4) is 22.7 Å². The van der Waals surface area contributed by atoms with E-state index >= 15 is 0 Å². The summed E-state index contributed by atoms with van der Waals surface area (Å²) in [6.45, 7) is 2.85. The smallest absolute Gasteiger partial charge is 0.355 e. The van der Waals surface area contributed by atoms with E-state index in [1.54, 1.807) is 11.9 Å². The molecule has 10 nitrogen and oxygen atoms in total. The quantitative estimate of drug-likeness (QED) is 0.0767. The Morgan fingerprint density at radius 1 is 0.879 bits per heavy atom. The summed E-state index contributed by atoms with van der Waals surface area (Å²) in [5.74, 6) is -0.0486. The average molecular weight is 858 g/mol. The van der Waals surface area contributed by atoms with Gasteiger partial charge in [0.05, 0.1) is 11.1 Å². The maximum absolute atomic E-state index is 12.6. The van der Waals surface area contributed by atoms with Crippen molar-refractivity contribution >= 4 is 44.5 Å². The number of carboxylic acids is 1. The van der Waals surface area contributed by atoms with Crippen LogP contribution in [0.5, 0.6) is 0 Å². The van der Waals surface area contributed by atoms with E-state index in [4.69, 9.17) is 36.2 Å². The van der Waals surface area contributed by atoms with Crippen LogP contribution in [0, 0.1) is 0 Å². The lowest BCUT2D eigenvalue weighted by molar-refractivity contribution is -0.135. The van der Waals surface area contributed by atoms with Gasteiger partial charge in [0.25, 0.3) is 0 Å². The van der Waals surface area contributed by atoms with Crippen molar-refractivity contribution in [2.75, 3.05) is 13.7 Å². The van der Waals surface area contributed by atoms with Crippen molar-refractivity contribution in [1.82, 2.24) is 30.4 Å². The number of rotatable bonds is 15. The number of ether oxygens (including phenoxy) is 1. The predicted molar refractivity (Wildman–Crippen MR) is 229 cm³/mol. The number of methoxy groups -OCH3 is 1. The van der Waals surface area contributed by atoms with Gasteiger partial charge >= 0.3 is 5.97 Å². The summed E-state index contributed by atoms with van der Waals surface area (Å²) in [6, 6.07) is 44.5. The van der Waals surface area contributed by atoms with Crippen LogP contribution >= 0.6 is 27.5 Å². The van der Waals surface area contributed by atoms with Crippen molar-refractivity contribution in [3.63, 3.8) is 0 Å². The number of nitrogens with zero attached hydrogens (tertiary/aromatic N) is 5. The molecule has 0 aliphatic carbocycles. The summed E-state index contributed by atoms with van der Waals surface area (Å²) in [7, 11) is 1.64. The topological polar surface area (TPSA) is 119 Å². The number of aliphatic carboxylic acids is 1. The number of carboxylic acid groups (broad SMARTS) is 1. The fourth-order valence-electron chi connectivity index (χ4n) is 8.16. The van der Waals surface area contributed by atoms with Crippen LogP contribution in [0.15, 0.2) is 153 Å². The second kappa shape index (κ2) is 16.6. The van der Waals surface area contributed by atoms with Gasteiger partial charge in [0.15, 0.2) is 11.2 Å². The third kappa shape index (κ3) is 6.97. The SMILES string of the molecule is CCCCC1(CCOC)NC(Cl)=C(C(=O)O)N1Cc1ccc2oc(-c3ccccc3-c3nnn(C(c4ccccc4)(c4ccccc4)c4ccccc4)n3)c(Br)c2c1. The molecule has 5 aromatic carbocycles. The lowest BCUT2D eigenvalue weighted by Crippen LogP contribution is -2.53. The molecule has 7 aromatic rings. The lowest BCUT2D eigenvalue weighted by atomic mass is 9.77. The lowest BCUT2D eigenvalue weighted by Gasteiger charge is -2.41. The number of tetrazole rings is 1. The van der Waals surface area contributed by atoms with Crippen LogP contribution in [0.2, 0.25) is 0 Å². The van der Waals surface area contributed by atoms with Gasteiger partial charge in [-0.15, -0.1) is 15.0 Å². The van der Waals surface area contributed by atoms with Crippen LogP contribution < -0.4 is 5.32 Å². The minimum absolute atomic E-state index is 0.0474. The highest BCUT2D eigenvalue weighted by Gasteiger charge is 2.46. The minimum Gasteiger partial charge on any atom is -0.476 e. The van der Waals surface area contributed by atoms with Crippen LogP contribution in [0.25, 0.3) is 33.7 Å². The first kappa shape index (κ1) is 39.1. The van der Waals surface area contributed by atoms with Gasteiger partial charge in [-0.1, -0.05) is 146 Å². The number of nitrogens with one attached hydrogen (secondary N) is 1. The molecule has 0 saturated carbocycles. The minimum atomic E-state index is -1.09. The van der Waals surface area contributed by atoms with Gasteiger partial charge in [0, 0.05) is 36.6 Å². The van der Waals surface area contributed by atoms with Crippen molar-refractivity contribution in [3.05, 3.63) is 171 Å². The highest BCUT2D eigenvalue weighted by molar-refractivity contribution is 9.10. The van der Waals surface area contributed by atoms with Crippen LogP contribution in [0.3, 0.4) is 0 Å². The molecule has 0 spiro atoms. The third-order valence-corrected chi connectivity index (χ3v) is 12.0. The molecule has 2 N–H and O–H groups in total. The van der Waals surface area contributed by atoms with Gasteiger partial charge in [-0.25, -0.2) is 4.79 Å². The largest absolute Gasteiger partial charge is 0.476 e. The summed E-state index contributed by atoms with van der Waals surface area (Å²) in [5.41, 5.74) is 4.44. The number of furan rings is 1. The predicted octanol–water partition coefficient (Wildman–Crippen LogP) is 10.2. The Morgan fingerprint density at radius 3 is 2.07 bits per heavy atom. The fourth-order valence-corrected chi connectivity index (χ4v) is 9.12. The molecule has 1 unspecified atom stereocenters. The van der Waals surface area contributed by atoms with Crippen LogP contribution in [0.1, 0.15) is 54.9 Å². The molecule has 1 aliphatic heterocycles. The summed E-state index contributed by atoms with van der Waals surface area (Å²) in [5, 5.41) is 29.3. The van der Waals surface area contributed by atoms with E-state index in [2.05, 4.69) is 64.6 Å². The Labute approximate surface area is 350 Å².